The largest absolute Gasteiger partial charge is 0.497 e. The molecule has 0 aliphatic heterocycles. The average Bonchev–Trinajstić information content (AvgIpc) is 3.53. The number of amides is 1. The normalized spacial score (nSPS) is 17.1. The predicted molar refractivity (Wildman–Crippen MR) is 149 cm³/mol. The van der Waals surface area contributed by atoms with E-state index in [4.69, 9.17) is 18.9 Å². The van der Waals surface area contributed by atoms with E-state index in [1.54, 1.807) is 31.6 Å². The molecule has 2 aromatic carbocycles. The maximum atomic E-state index is 15.5. The summed E-state index contributed by atoms with van der Waals surface area (Å²) in [5, 5.41) is 4.19. The predicted octanol–water partition coefficient (Wildman–Crippen LogP) is 5.56. The molecule has 42 heavy (non-hydrogen) atoms. The van der Waals surface area contributed by atoms with Crippen LogP contribution in [0.15, 0.2) is 47.5 Å². The average molecular weight is 608 g/mol. The summed E-state index contributed by atoms with van der Waals surface area (Å²) in [4.78, 5) is 11.9. The Labute approximate surface area is 244 Å². The molecule has 0 spiro atoms. The van der Waals surface area contributed by atoms with E-state index >= 15 is 8.78 Å². The molecule has 0 bridgehead atoms. The number of hydrogen-bond donors (Lipinski definition) is 0. The number of nitrogens with zero attached hydrogens (tertiary/aromatic N) is 3. The van der Waals surface area contributed by atoms with Gasteiger partial charge in [-0.05, 0) is 58.2 Å². The molecule has 0 unspecified atom stereocenters. The molecule has 0 saturated heterocycles. The lowest BCUT2D eigenvalue weighted by Gasteiger charge is -2.28. The minimum absolute atomic E-state index is 0.0471. The smallest absolute Gasteiger partial charge is 0.424 e. The molecule has 1 saturated carbocycles. The number of hydrogen-bond acceptors (Lipinski definition) is 8. The zero-order valence-electron chi connectivity index (χ0n) is 24.4. The van der Waals surface area contributed by atoms with Gasteiger partial charge in [-0.15, -0.1) is 0 Å². The van der Waals surface area contributed by atoms with Crippen LogP contribution < -0.4 is 14.2 Å². The first-order valence-electron chi connectivity index (χ1n) is 13.4. The summed E-state index contributed by atoms with van der Waals surface area (Å²) in [6.45, 7) is 3.99. The van der Waals surface area contributed by atoms with Crippen LogP contribution in [0.4, 0.5) is 13.6 Å². The Hall–Kier alpha value is -3.87. The topological polar surface area (TPSA) is 109 Å². The third kappa shape index (κ3) is 6.61. The van der Waals surface area contributed by atoms with Crippen LogP contribution in [-0.4, -0.2) is 54.5 Å². The molecule has 10 nitrogen and oxygen atoms in total. The Morgan fingerprint density at radius 1 is 1.05 bits per heavy atom. The van der Waals surface area contributed by atoms with Crippen molar-refractivity contribution in [3.63, 3.8) is 0 Å². The van der Waals surface area contributed by atoms with Crippen molar-refractivity contribution in [2.75, 3.05) is 14.2 Å². The molecular formula is C29H35F2N3O7S. The standard InChI is InChI=1S/C29H35F2N3O7S/c1-29(2,3)41-28(35)34(17-18-10-11-19(38-5)16-26(18)39-6)42(36,37)27-22(30)14-20(15-23(27)31)40-25-9-7-8-21(25)24-12-13-32-33(24)4/h10-16,21,25H,7-9,17H2,1-6H3/t21-,25+/m1/s1. The SMILES string of the molecule is COc1ccc(CN(C(=O)OC(C)(C)C)S(=O)(=O)c2c(F)cc(O[C@H]3CCC[C@@H]3c3ccnn3C)cc2F)c(OC)c1. The Morgan fingerprint density at radius 2 is 1.74 bits per heavy atom. The molecule has 2 atom stereocenters. The van der Waals surface area contributed by atoms with Crippen molar-refractivity contribution in [2.45, 2.75) is 69.1 Å². The molecule has 1 aromatic heterocycles. The second-order valence-corrected chi connectivity index (χ2v) is 12.8. The highest BCUT2D eigenvalue weighted by molar-refractivity contribution is 7.89. The van der Waals surface area contributed by atoms with E-state index in [0.29, 0.717) is 12.2 Å². The van der Waals surface area contributed by atoms with Crippen LogP contribution in [0.2, 0.25) is 0 Å². The number of ether oxygens (including phenoxy) is 4. The number of sulfonamides is 1. The van der Waals surface area contributed by atoms with Crippen molar-refractivity contribution in [3.8, 4) is 17.2 Å². The zero-order chi connectivity index (χ0) is 30.8. The van der Waals surface area contributed by atoms with Crippen molar-refractivity contribution >= 4 is 16.1 Å². The Balaban J connectivity index is 1.69. The van der Waals surface area contributed by atoms with E-state index in [1.807, 2.05) is 13.1 Å². The Bertz CT molecular complexity index is 1530. The fraction of sp³-hybridized carbons (Fsp3) is 0.448. The zero-order valence-corrected chi connectivity index (χ0v) is 25.2. The van der Waals surface area contributed by atoms with Gasteiger partial charge in [-0.1, -0.05) is 0 Å². The lowest BCUT2D eigenvalue weighted by molar-refractivity contribution is 0.0380. The maximum Gasteiger partial charge on any atom is 0.424 e. The third-order valence-corrected chi connectivity index (χ3v) is 8.67. The van der Waals surface area contributed by atoms with Crippen LogP contribution in [0.1, 0.15) is 57.2 Å². The number of aryl methyl sites for hydroxylation is 1. The van der Waals surface area contributed by atoms with E-state index in [9.17, 15) is 13.2 Å². The van der Waals surface area contributed by atoms with Crippen LogP contribution >= 0.6 is 0 Å². The Morgan fingerprint density at radius 3 is 2.31 bits per heavy atom. The molecule has 0 radical (unpaired) electrons. The monoisotopic (exact) mass is 607 g/mol. The van der Waals surface area contributed by atoms with Gasteiger partial charge in [0.05, 0.1) is 20.8 Å². The maximum absolute atomic E-state index is 15.5. The van der Waals surface area contributed by atoms with Gasteiger partial charge < -0.3 is 18.9 Å². The minimum atomic E-state index is -5.11. The number of carbonyl (C=O) groups excluding carboxylic acids is 1. The third-order valence-electron chi connectivity index (χ3n) is 6.90. The molecule has 1 amide bonds. The summed E-state index contributed by atoms with van der Waals surface area (Å²) in [5.74, 6) is -2.41. The highest BCUT2D eigenvalue weighted by Crippen LogP contribution is 2.38. The van der Waals surface area contributed by atoms with Crippen molar-refractivity contribution in [2.24, 2.45) is 7.05 Å². The van der Waals surface area contributed by atoms with Gasteiger partial charge in [0.1, 0.15) is 40.6 Å². The van der Waals surface area contributed by atoms with Gasteiger partial charge in [0.15, 0.2) is 4.90 Å². The summed E-state index contributed by atoms with van der Waals surface area (Å²) >= 11 is 0. The lowest BCUT2D eigenvalue weighted by atomic mass is 10.0. The summed E-state index contributed by atoms with van der Waals surface area (Å²) < 4.78 is 82.4. The summed E-state index contributed by atoms with van der Waals surface area (Å²) in [7, 11) is -0.513. The van der Waals surface area contributed by atoms with Crippen LogP contribution in [-0.2, 0) is 28.4 Å². The number of aromatic nitrogens is 2. The fourth-order valence-corrected chi connectivity index (χ4v) is 6.36. The second kappa shape index (κ2) is 12.2. The number of halogens is 2. The van der Waals surface area contributed by atoms with Crippen LogP contribution in [0, 0.1) is 11.6 Å². The van der Waals surface area contributed by atoms with E-state index in [0.717, 1.165) is 30.7 Å². The number of methoxy groups -OCH3 is 2. The van der Waals surface area contributed by atoms with Crippen molar-refractivity contribution in [1.82, 2.24) is 14.1 Å². The Kier molecular flexibility index (Phi) is 9.00. The van der Waals surface area contributed by atoms with Crippen LogP contribution in [0.5, 0.6) is 17.2 Å². The first-order chi connectivity index (χ1) is 19.7. The van der Waals surface area contributed by atoms with Gasteiger partial charge in [0, 0.05) is 48.6 Å². The molecule has 1 aliphatic rings. The second-order valence-electron chi connectivity index (χ2n) is 11.0. The van der Waals surface area contributed by atoms with Crippen molar-refractivity contribution in [1.29, 1.82) is 0 Å². The molecule has 4 rings (SSSR count). The molecule has 3 aromatic rings. The quantitative estimate of drug-likeness (QED) is 0.311. The van der Waals surface area contributed by atoms with E-state index in [1.165, 1.54) is 32.4 Å². The molecule has 1 fully saturated rings. The molecule has 13 heteroatoms. The van der Waals surface area contributed by atoms with E-state index in [-0.39, 0.29) is 33.4 Å². The van der Waals surface area contributed by atoms with Gasteiger partial charge >= 0.3 is 6.09 Å². The first-order valence-corrected chi connectivity index (χ1v) is 14.8. The number of rotatable bonds is 9. The van der Waals surface area contributed by atoms with Crippen molar-refractivity contribution < 1.29 is 40.9 Å². The molecule has 228 valence electrons. The molecule has 1 aliphatic carbocycles. The first kappa shape index (κ1) is 31.1. The molecule has 1 heterocycles. The van der Waals surface area contributed by atoms with Gasteiger partial charge in [0.2, 0.25) is 0 Å². The highest BCUT2D eigenvalue weighted by Gasteiger charge is 2.39. The highest BCUT2D eigenvalue weighted by atomic mass is 32.2. The lowest BCUT2D eigenvalue weighted by Crippen LogP contribution is -2.41. The molecule has 0 N–H and O–H groups in total. The summed E-state index contributed by atoms with van der Waals surface area (Å²) in [5.41, 5.74) is 0.0607. The van der Waals surface area contributed by atoms with Crippen LogP contribution in [0.25, 0.3) is 0 Å². The van der Waals surface area contributed by atoms with E-state index < -0.39 is 44.8 Å². The van der Waals surface area contributed by atoms with E-state index in [2.05, 4.69) is 5.10 Å². The van der Waals surface area contributed by atoms with Crippen molar-refractivity contribution in [3.05, 3.63) is 65.5 Å². The minimum Gasteiger partial charge on any atom is -0.497 e. The van der Waals surface area contributed by atoms with Gasteiger partial charge in [-0.25, -0.2) is 22.0 Å². The summed E-state index contributed by atoms with van der Waals surface area (Å²) in [6.07, 6.45) is 2.27. The van der Waals surface area contributed by atoms with Gasteiger partial charge in [-0.2, -0.15) is 9.40 Å². The number of carbonyl (C=O) groups is 1. The van der Waals surface area contributed by atoms with Gasteiger partial charge in [-0.3, -0.25) is 4.68 Å². The van der Waals surface area contributed by atoms with Gasteiger partial charge in [0.25, 0.3) is 10.0 Å². The summed E-state index contributed by atoms with van der Waals surface area (Å²) in [6, 6.07) is 8.00. The molecular weight excluding hydrogens is 572 g/mol. The fourth-order valence-electron chi connectivity index (χ4n) is 4.99. The van der Waals surface area contributed by atoms with Crippen LogP contribution in [0.3, 0.4) is 0 Å². The number of benzene rings is 2.